The second-order valence-corrected chi connectivity index (χ2v) is 10.1. The van der Waals surface area contributed by atoms with E-state index in [1.54, 1.807) is 18.2 Å². The quantitative estimate of drug-likeness (QED) is 0.641. The highest BCUT2D eigenvalue weighted by atomic mass is 16.3. The number of fused-ring (bicyclic) bond motifs is 5. The van der Waals surface area contributed by atoms with Crippen LogP contribution in [0.1, 0.15) is 57.9 Å². The van der Waals surface area contributed by atoms with E-state index in [-0.39, 0.29) is 28.6 Å². The molecule has 6 atom stereocenters. The van der Waals surface area contributed by atoms with E-state index in [4.69, 9.17) is 0 Å². The van der Waals surface area contributed by atoms with Crippen LogP contribution in [0.5, 0.6) is 5.75 Å². The molecule has 3 fully saturated rings. The molecule has 4 aliphatic rings. The maximum Gasteiger partial charge on any atom is 0.181 e. The average molecular weight is 395 g/mol. The zero-order valence-electron chi connectivity index (χ0n) is 17.2. The first-order valence-electron chi connectivity index (χ1n) is 10.9. The summed E-state index contributed by atoms with van der Waals surface area (Å²) in [5.41, 5.74) is -0.0912. The van der Waals surface area contributed by atoms with Crippen LogP contribution in [0.3, 0.4) is 0 Å². The summed E-state index contributed by atoms with van der Waals surface area (Å²) >= 11 is 0. The molecule has 0 radical (unpaired) electrons. The molecule has 0 unspecified atom stereocenters. The predicted octanol–water partition coefficient (Wildman–Crippen LogP) is 4.77. The molecule has 29 heavy (non-hydrogen) atoms. The molecule has 154 valence electrons. The molecule has 0 aliphatic heterocycles. The lowest BCUT2D eigenvalue weighted by Crippen LogP contribution is -2.54. The van der Waals surface area contributed by atoms with Gasteiger partial charge in [0.2, 0.25) is 0 Å². The van der Waals surface area contributed by atoms with Gasteiger partial charge in [-0.1, -0.05) is 30.7 Å². The Morgan fingerprint density at radius 3 is 2.45 bits per heavy atom. The summed E-state index contributed by atoms with van der Waals surface area (Å²) in [7, 11) is 0. The van der Waals surface area contributed by atoms with Gasteiger partial charge in [-0.15, -0.1) is 0 Å². The number of carbonyl (C=O) groups is 1. The molecule has 0 spiro atoms. The third kappa shape index (κ3) is 2.27. The van der Waals surface area contributed by atoms with E-state index in [1.807, 2.05) is 12.1 Å². The van der Waals surface area contributed by atoms with E-state index in [0.717, 1.165) is 37.7 Å². The topological polar surface area (TPSA) is 77.8 Å². The Morgan fingerprint density at radius 1 is 0.966 bits per heavy atom. The second kappa shape index (κ2) is 5.98. The van der Waals surface area contributed by atoms with Crippen molar-refractivity contribution in [3.63, 3.8) is 0 Å². The number of hydrogen-bond donors (Lipinski definition) is 3. The zero-order chi connectivity index (χ0) is 20.6. The van der Waals surface area contributed by atoms with Gasteiger partial charge in [-0.3, -0.25) is 4.79 Å². The van der Waals surface area contributed by atoms with Gasteiger partial charge in [0.25, 0.3) is 0 Å². The highest BCUT2D eigenvalue weighted by molar-refractivity contribution is 6.01. The minimum atomic E-state index is -1.04. The van der Waals surface area contributed by atoms with Crippen molar-refractivity contribution < 1.29 is 20.1 Å². The molecular formula is C25H30O4. The fourth-order valence-electron chi connectivity index (χ4n) is 7.58. The number of phenols is 1. The van der Waals surface area contributed by atoms with Gasteiger partial charge < -0.3 is 15.3 Å². The van der Waals surface area contributed by atoms with Gasteiger partial charge in [-0.25, -0.2) is 0 Å². The number of ketones is 1. The highest BCUT2D eigenvalue weighted by Gasteiger charge is 2.65. The van der Waals surface area contributed by atoms with Gasteiger partial charge in [0.1, 0.15) is 11.5 Å². The molecule has 3 N–H and O–H groups in total. The first-order valence-corrected chi connectivity index (χ1v) is 10.9. The number of carbonyl (C=O) groups excluding carboxylic acids is 1. The van der Waals surface area contributed by atoms with Crippen molar-refractivity contribution in [2.24, 2.45) is 28.6 Å². The predicted molar refractivity (Wildman–Crippen MR) is 110 cm³/mol. The number of aliphatic hydroxyl groups is 2. The van der Waals surface area contributed by atoms with Gasteiger partial charge in [-0.2, -0.15) is 0 Å². The molecule has 0 bridgehead atoms. The third-order valence-corrected chi connectivity index (χ3v) is 9.22. The molecule has 1 aromatic carbocycles. The Kier molecular flexibility index (Phi) is 3.90. The number of hydrogen-bond acceptors (Lipinski definition) is 4. The van der Waals surface area contributed by atoms with Crippen LogP contribution in [0.25, 0.3) is 0 Å². The number of phenolic OH excluding ortho intramolecular Hbond substituents is 1. The summed E-state index contributed by atoms with van der Waals surface area (Å²) in [5, 5.41) is 33.2. The first-order chi connectivity index (χ1) is 13.7. The number of benzene rings is 1. The van der Waals surface area contributed by atoms with Crippen LogP contribution in [0, 0.1) is 28.6 Å². The Morgan fingerprint density at radius 2 is 1.69 bits per heavy atom. The van der Waals surface area contributed by atoms with Crippen LogP contribution in [-0.2, 0) is 10.4 Å². The fraction of sp³-hybridized carbons (Fsp3) is 0.560. The van der Waals surface area contributed by atoms with Gasteiger partial charge in [0, 0.05) is 22.5 Å². The van der Waals surface area contributed by atoms with Crippen LogP contribution in [-0.4, -0.2) is 21.1 Å². The normalized spacial score (nSPS) is 43.7. The van der Waals surface area contributed by atoms with E-state index < -0.39 is 11.0 Å². The van der Waals surface area contributed by atoms with E-state index >= 15 is 0 Å². The fourth-order valence-corrected chi connectivity index (χ4v) is 7.58. The summed E-state index contributed by atoms with van der Waals surface area (Å²) in [6.45, 7) is 4.29. The minimum absolute atomic E-state index is 0.108. The smallest absolute Gasteiger partial charge is 0.181 e. The lowest BCUT2D eigenvalue weighted by molar-refractivity contribution is -0.131. The summed E-state index contributed by atoms with van der Waals surface area (Å²) in [6.07, 6.45) is 8.24. The van der Waals surface area contributed by atoms with Crippen LogP contribution >= 0.6 is 0 Å². The van der Waals surface area contributed by atoms with Gasteiger partial charge >= 0.3 is 0 Å². The molecule has 0 amide bonds. The van der Waals surface area contributed by atoms with Crippen molar-refractivity contribution in [3.05, 3.63) is 53.3 Å². The number of aliphatic hydroxyl groups excluding tert-OH is 1. The zero-order valence-corrected chi connectivity index (χ0v) is 17.2. The molecule has 0 saturated heterocycles. The summed E-state index contributed by atoms with van der Waals surface area (Å²) in [5.74, 6) is 1.27. The van der Waals surface area contributed by atoms with Crippen LogP contribution in [0.2, 0.25) is 0 Å². The largest absolute Gasteiger partial charge is 0.511 e. The molecular weight excluding hydrogens is 364 g/mol. The molecule has 3 saturated carbocycles. The molecule has 4 heteroatoms. The van der Waals surface area contributed by atoms with Crippen LogP contribution in [0.15, 0.2) is 47.7 Å². The first kappa shape index (κ1) is 18.9. The Labute approximate surface area is 172 Å². The standard InChI is InChI=1S/C25H30O4/c1-23-11-9-19-17(8-7-15-13-16(26)14-22(28)24(15,19)2)18(23)10-12-25(23,29)20-5-3-4-6-21(20)27/h3-6,13-14,17-19,27-29H,7-12H2,1-2H3/t17-,18-,19-,23-,24-,25+/m0/s1. The summed E-state index contributed by atoms with van der Waals surface area (Å²) < 4.78 is 0. The Hall–Kier alpha value is -2.07. The maximum atomic E-state index is 12.0. The van der Waals surface area contributed by atoms with Gasteiger partial charge in [0.15, 0.2) is 5.78 Å². The van der Waals surface area contributed by atoms with Crippen molar-refractivity contribution in [3.8, 4) is 5.75 Å². The summed E-state index contributed by atoms with van der Waals surface area (Å²) in [4.78, 5) is 12.0. The van der Waals surface area contributed by atoms with Gasteiger partial charge in [-0.05, 0) is 75.3 Å². The van der Waals surface area contributed by atoms with Gasteiger partial charge in [0.05, 0.1) is 5.60 Å². The monoisotopic (exact) mass is 394 g/mol. The second-order valence-electron chi connectivity index (χ2n) is 10.1. The van der Waals surface area contributed by atoms with Crippen molar-refractivity contribution in [2.45, 2.75) is 58.0 Å². The van der Waals surface area contributed by atoms with E-state index in [2.05, 4.69) is 13.8 Å². The minimum Gasteiger partial charge on any atom is -0.511 e. The van der Waals surface area contributed by atoms with Crippen LogP contribution in [0.4, 0.5) is 0 Å². The molecule has 4 aliphatic carbocycles. The SMILES string of the molecule is C[C@]12C(O)=CC(=O)C=C1CC[C@@H]1[C@@H]2CC[C@@]2(C)[C@H]1CC[C@@]2(O)c1ccccc1O. The van der Waals surface area contributed by atoms with Crippen molar-refractivity contribution in [1.82, 2.24) is 0 Å². The van der Waals surface area contributed by atoms with E-state index in [0.29, 0.717) is 23.8 Å². The van der Waals surface area contributed by atoms with Crippen molar-refractivity contribution in [1.29, 1.82) is 0 Å². The van der Waals surface area contributed by atoms with E-state index in [1.165, 1.54) is 6.08 Å². The Bertz CT molecular complexity index is 946. The van der Waals surface area contributed by atoms with E-state index in [9.17, 15) is 20.1 Å². The number of aromatic hydroxyl groups is 1. The lowest BCUT2D eigenvalue weighted by atomic mass is 9.46. The number of allylic oxidation sites excluding steroid dienone is 3. The molecule has 0 aromatic heterocycles. The molecule has 5 rings (SSSR count). The summed E-state index contributed by atoms with van der Waals surface area (Å²) in [6, 6.07) is 7.20. The lowest BCUT2D eigenvalue weighted by Gasteiger charge is -2.58. The molecule has 0 heterocycles. The third-order valence-electron chi connectivity index (χ3n) is 9.22. The van der Waals surface area contributed by atoms with Crippen molar-refractivity contribution in [2.75, 3.05) is 0 Å². The molecule has 4 nitrogen and oxygen atoms in total. The average Bonchev–Trinajstić information content (AvgIpc) is 2.95. The highest BCUT2D eigenvalue weighted by Crippen LogP contribution is 2.70. The Balaban J connectivity index is 1.54. The number of para-hydroxylation sites is 1. The number of rotatable bonds is 1. The van der Waals surface area contributed by atoms with Crippen LogP contribution < -0.4 is 0 Å². The molecule has 1 aromatic rings. The van der Waals surface area contributed by atoms with Crippen molar-refractivity contribution >= 4 is 5.78 Å². The maximum absolute atomic E-state index is 12.0.